The zero-order chi connectivity index (χ0) is 27.7. The Morgan fingerprint density at radius 1 is 1.11 bits per heavy atom. The molecule has 1 unspecified atom stereocenters. The number of carbonyl (C=O) groups is 1. The number of aliphatic hydroxyl groups is 2. The number of carbonyl (C=O) groups excluding carboxylic acids is 1. The van der Waals surface area contributed by atoms with E-state index < -0.39 is 48.1 Å². The Morgan fingerprint density at radius 3 is 2.39 bits per heavy atom. The molecule has 0 radical (unpaired) electrons. The van der Waals surface area contributed by atoms with Crippen molar-refractivity contribution in [3.63, 3.8) is 0 Å². The molecule has 38 heavy (non-hydrogen) atoms. The molecule has 0 saturated carbocycles. The Hall–Kier alpha value is -2.59. The Bertz CT molecular complexity index is 907. The first kappa shape index (κ1) is 30.0. The first-order valence-electron chi connectivity index (χ1n) is 12.3. The van der Waals surface area contributed by atoms with Gasteiger partial charge in [0.25, 0.3) is 5.69 Å². The number of ether oxygens (including phenoxy) is 8. The highest BCUT2D eigenvalue weighted by molar-refractivity contribution is 5.69. The molecule has 0 amide bonds. The number of esters is 1. The van der Waals surface area contributed by atoms with Gasteiger partial charge < -0.3 is 48.1 Å². The lowest BCUT2D eigenvalue weighted by molar-refractivity contribution is -0.386. The average Bonchev–Trinajstić information content (AvgIpc) is 2.92. The van der Waals surface area contributed by atoms with Crippen LogP contribution < -0.4 is 9.47 Å². The van der Waals surface area contributed by atoms with Crippen LogP contribution in [0.1, 0.15) is 37.7 Å². The summed E-state index contributed by atoms with van der Waals surface area (Å²) in [7, 11) is 3.99. The van der Waals surface area contributed by atoms with Gasteiger partial charge in [0, 0.05) is 27.2 Å². The number of aliphatic hydroxyl groups excluding tert-OH is 2. The van der Waals surface area contributed by atoms with Crippen LogP contribution in [0.3, 0.4) is 0 Å². The van der Waals surface area contributed by atoms with E-state index in [0.29, 0.717) is 12.2 Å². The van der Waals surface area contributed by atoms with Gasteiger partial charge in [-0.3, -0.25) is 14.9 Å². The summed E-state index contributed by atoms with van der Waals surface area (Å²) < 4.78 is 42.7. The fourth-order valence-corrected chi connectivity index (χ4v) is 4.12. The first-order chi connectivity index (χ1) is 18.3. The monoisotopic (exact) mass is 545 g/mol. The number of rotatable bonds is 13. The van der Waals surface area contributed by atoms with Crippen LogP contribution in [0.4, 0.5) is 5.69 Å². The van der Waals surface area contributed by atoms with Gasteiger partial charge in [-0.15, -0.1) is 0 Å². The number of nitro benzene ring substituents is 1. The number of hydrogen-bond donors (Lipinski definition) is 2. The molecule has 1 aromatic rings. The van der Waals surface area contributed by atoms with Crippen LogP contribution in [0.5, 0.6) is 11.5 Å². The fraction of sp³-hybridized carbons (Fsp3) is 0.708. The van der Waals surface area contributed by atoms with Crippen molar-refractivity contribution in [2.45, 2.75) is 75.9 Å². The summed E-state index contributed by atoms with van der Waals surface area (Å²) in [5.41, 5.74) is 0.119. The SMILES string of the molecule is COc1cc(COC2CCCCO2)c([N+](=O)[O-])cc1OCCCC(=O)O[C@H]1[C@H](O)[C@@H](OC)O[C@H](OC)[C@@H]1O. The minimum atomic E-state index is -1.43. The summed E-state index contributed by atoms with van der Waals surface area (Å²) in [5.74, 6) is -0.309. The van der Waals surface area contributed by atoms with Gasteiger partial charge in [0.2, 0.25) is 0 Å². The van der Waals surface area contributed by atoms with E-state index >= 15 is 0 Å². The van der Waals surface area contributed by atoms with E-state index in [1.54, 1.807) is 0 Å². The van der Waals surface area contributed by atoms with Crippen molar-refractivity contribution in [2.75, 3.05) is 34.5 Å². The average molecular weight is 546 g/mol. The molecule has 3 rings (SSSR count). The third-order valence-corrected chi connectivity index (χ3v) is 6.14. The maximum atomic E-state index is 12.4. The molecule has 0 aliphatic carbocycles. The van der Waals surface area contributed by atoms with E-state index in [-0.39, 0.29) is 43.2 Å². The van der Waals surface area contributed by atoms with Crippen LogP contribution >= 0.6 is 0 Å². The molecule has 214 valence electrons. The summed E-state index contributed by atoms with van der Waals surface area (Å²) >= 11 is 0. The van der Waals surface area contributed by atoms with E-state index in [0.717, 1.165) is 19.3 Å². The molecule has 14 heteroatoms. The van der Waals surface area contributed by atoms with Crippen molar-refractivity contribution in [1.29, 1.82) is 0 Å². The van der Waals surface area contributed by atoms with Crippen molar-refractivity contribution in [2.24, 2.45) is 0 Å². The maximum Gasteiger partial charge on any atom is 0.306 e. The third kappa shape index (κ3) is 7.72. The number of nitro groups is 1. The Labute approximate surface area is 219 Å². The van der Waals surface area contributed by atoms with Gasteiger partial charge in [0.05, 0.1) is 36.9 Å². The second-order valence-electron chi connectivity index (χ2n) is 8.73. The van der Waals surface area contributed by atoms with Gasteiger partial charge in [0.15, 0.2) is 36.5 Å². The topological polar surface area (TPSA) is 175 Å². The molecular formula is C24H35NO13. The Kier molecular flexibility index (Phi) is 11.5. The molecule has 2 N–H and O–H groups in total. The van der Waals surface area contributed by atoms with Crippen LogP contribution in [0, 0.1) is 10.1 Å². The molecule has 0 aromatic heterocycles. The van der Waals surface area contributed by atoms with Crippen molar-refractivity contribution < 1.29 is 57.8 Å². The molecule has 2 aliphatic rings. The van der Waals surface area contributed by atoms with Gasteiger partial charge >= 0.3 is 5.97 Å². The zero-order valence-electron chi connectivity index (χ0n) is 21.6. The highest BCUT2D eigenvalue weighted by atomic mass is 16.8. The Balaban J connectivity index is 1.55. The summed E-state index contributed by atoms with van der Waals surface area (Å²) in [6, 6.07) is 2.74. The van der Waals surface area contributed by atoms with Gasteiger partial charge in [-0.25, -0.2) is 0 Å². The lowest BCUT2D eigenvalue weighted by Crippen LogP contribution is -2.59. The first-order valence-corrected chi connectivity index (χ1v) is 12.3. The third-order valence-electron chi connectivity index (χ3n) is 6.14. The van der Waals surface area contributed by atoms with Crippen molar-refractivity contribution >= 4 is 11.7 Å². The van der Waals surface area contributed by atoms with Crippen molar-refractivity contribution in [1.82, 2.24) is 0 Å². The summed E-state index contributed by atoms with van der Waals surface area (Å²) in [5, 5.41) is 32.3. The van der Waals surface area contributed by atoms with Gasteiger partial charge in [0.1, 0.15) is 12.2 Å². The van der Waals surface area contributed by atoms with E-state index in [2.05, 4.69) is 0 Å². The maximum absolute atomic E-state index is 12.4. The van der Waals surface area contributed by atoms with Crippen LogP contribution in [-0.2, 0) is 39.8 Å². The predicted molar refractivity (Wildman–Crippen MR) is 127 cm³/mol. The molecule has 6 atom stereocenters. The quantitative estimate of drug-likeness (QED) is 0.158. The molecule has 14 nitrogen and oxygen atoms in total. The lowest BCUT2D eigenvalue weighted by Gasteiger charge is -2.40. The second-order valence-corrected chi connectivity index (χ2v) is 8.73. The summed E-state index contributed by atoms with van der Waals surface area (Å²) in [4.78, 5) is 23.5. The van der Waals surface area contributed by atoms with E-state index in [4.69, 9.17) is 37.9 Å². The fourth-order valence-electron chi connectivity index (χ4n) is 4.12. The molecule has 1 aromatic carbocycles. The molecule has 2 saturated heterocycles. The molecule has 2 aliphatic heterocycles. The van der Waals surface area contributed by atoms with Crippen LogP contribution in [0.2, 0.25) is 0 Å². The zero-order valence-corrected chi connectivity index (χ0v) is 21.6. The van der Waals surface area contributed by atoms with Gasteiger partial charge in [-0.1, -0.05) is 0 Å². The highest BCUT2D eigenvalue weighted by Crippen LogP contribution is 2.36. The van der Waals surface area contributed by atoms with E-state index in [1.807, 2.05) is 0 Å². The van der Waals surface area contributed by atoms with Crippen LogP contribution in [-0.4, -0.2) is 92.8 Å². The van der Waals surface area contributed by atoms with Gasteiger partial charge in [-0.2, -0.15) is 0 Å². The van der Waals surface area contributed by atoms with Crippen LogP contribution in [0.15, 0.2) is 12.1 Å². The largest absolute Gasteiger partial charge is 0.493 e. The molecule has 0 bridgehead atoms. The molecule has 2 fully saturated rings. The number of nitrogens with zero attached hydrogens (tertiary/aromatic N) is 1. The second kappa shape index (κ2) is 14.5. The molecular weight excluding hydrogens is 510 g/mol. The predicted octanol–water partition coefficient (Wildman–Crippen LogP) is 1.41. The summed E-state index contributed by atoms with van der Waals surface area (Å²) in [6.45, 7) is 0.573. The highest BCUT2D eigenvalue weighted by Gasteiger charge is 2.47. The van der Waals surface area contributed by atoms with Crippen molar-refractivity contribution in [3.8, 4) is 11.5 Å². The number of benzene rings is 1. The minimum absolute atomic E-state index is 0.00858. The minimum Gasteiger partial charge on any atom is -0.493 e. The standard InChI is InChI=1S/C24H35NO13/c1-31-16-11-14(13-36-19-8-4-5-9-35-19)15(25(29)30)12-17(16)34-10-6-7-18(26)37-22-20(27)23(32-2)38-24(33-3)21(22)28/h11-12,19-24,27-28H,4-10,13H2,1-3H3/t19?,20-,21+,22-,23-,24-/m0/s1. The lowest BCUT2D eigenvalue weighted by atomic mass is 10.0. The van der Waals surface area contributed by atoms with Gasteiger partial charge in [-0.05, 0) is 31.7 Å². The Morgan fingerprint density at radius 2 is 1.82 bits per heavy atom. The normalized spacial score (nSPS) is 27.5. The number of methoxy groups -OCH3 is 3. The van der Waals surface area contributed by atoms with E-state index in [1.165, 1.54) is 33.5 Å². The van der Waals surface area contributed by atoms with Crippen LogP contribution in [0.25, 0.3) is 0 Å². The van der Waals surface area contributed by atoms with E-state index in [9.17, 15) is 25.1 Å². The van der Waals surface area contributed by atoms with Crippen molar-refractivity contribution in [3.05, 3.63) is 27.8 Å². The molecule has 0 spiro atoms. The molecule has 2 heterocycles. The number of hydrogen-bond acceptors (Lipinski definition) is 13. The smallest absolute Gasteiger partial charge is 0.306 e. The summed E-state index contributed by atoms with van der Waals surface area (Å²) in [6.07, 6.45) is -4.21.